The molecule has 0 amide bonds. The third kappa shape index (κ3) is 62.7. The quantitative estimate of drug-likeness (QED) is 0.0421. The zero-order chi connectivity index (χ0) is 50.4. The van der Waals surface area contributed by atoms with Crippen LogP contribution in [0.25, 0.3) is 0 Å². The molecule has 418 valence electrons. The first-order chi connectivity index (χ1) is 34.7. The molecule has 0 unspecified atom stereocenters. The van der Waals surface area contributed by atoms with Gasteiger partial charge < -0.3 is 56.8 Å². The van der Waals surface area contributed by atoms with Gasteiger partial charge in [0.1, 0.15) is 13.2 Å². The summed E-state index contributed by atoms with van der Waals surface area (Å²) in [5, 5.41) is 0. The SMILES string of the molecule is CCCCCCCCCCCCCCCCCC(=O)OCCOCCOCCOCCOCCOCCOCCOCCOCCOCCOCCOC(=O)CCCCCCCCCCCCCCC. The van der Waals surface area contributed by atoms with E-state index in [1.807, 2.05) is 0 Å². The van der Waals surface area contributed by atoms with Crippen molar-refractivity contribution < 1.29 is 66.4 Å². The second kappa shape index (κ2) is 63.7. The molecule has 0 aromatic carbocycles. The van der Waals surface area contributed by atoms with E-state index in [-0.39, 0.29) is 25.2 Å². The molecule has 14 nitrogen and oxygen atoms in total. The molecule has 0 radical (unpaired) electrons. The van der Waals surface area contributed by atoms with Gasteiger partial charge in [0.05, 0.1) is 132 Å². The number of carbonyl (C=O) groups is 2. The minimum atomic E-state index is -0.134. The minimum Gasteiger partial charge on any atom is -0.463 e. The predicted molar refractivity (Wildman–Crippen MR) is 280 cm³/mol. The van der Waals surface area contributed by atoms with E-state index in [0.717, 1.165) is 25.7 Å². The van der Waals surface area contributed by atoms with Crippen LogP contribution in [-0.2, 0) is 66.4 Å². The number of rotatable bonds is 63. The lowest BCUT2D eigenvalue weighted by Crippen LogP contribution is -2.16. The number of ether oxygens (including phenoxy) is 12. The molecule has 0 aliphatic carbocycles. The Morgan fingerprint density at radius 3 is 0.514 bits per heavy atom. The van der Waals surface area contributed by atoms with E-state index in [0.29, 0.717) is 145 Å². The molecule has 0 spiro atoms. The summed E-state index contributed by atoms with van der Waals surface area (Å²) in [6.07, 6.45) is 37.5. The highest BCUT2D eigenvalue weighted by Gasteiger charge is 2.05. The van der Waals surface area contributed by atoms with Gasteiger partial charge in [-0.25, -0.2) is 0 Å². The highest BCUT2D eigenvalue weighted by Crippen LogP contribution is 2.15. The maximum Gasteiger partial charge on any atom is 0.305 e. The van der Waals surface area contributed by atoms with Gasteiger partial charge in [-0.2, -0.15) is 0 Å². The molecular formula is C56H110O14. The number of unbranched alkanes of at least 4 members (excludes halogenated alkanes) is 26. The van der Waals surface area contributed by atoms with E-state index >= 15 is 0 Å². The van der Waals surface area contributed by atoms with Gasteiger partial charge in [-0.3, -0.25) is 9.59 Å². The van der Waals surface area contributed by atoms with Crippen LogP contribution < -0.4 is 0 Å². The van der Waals surface area contributed by atoms with Crippen molar-refractivity contribution in [3.05, 3.63) is 0 Å². The van der Waals surface area contributed by atoms with Gasteiger partial charge >= 0.3 is 11.9 Å². The Hall–Kier alpha value is -1.46. The minimum absolute atomic E-state index is 0.132. The van der Waals surface area contributed by atoms with E-state index in [4.69, 9.17) is 56.8 Å². The molecule has 14 heteroatoms. The molecule has 0 aliphatic rings. The topological polar surface area (TPSA) is 145 Å². The molecule has 0 saturated heterocycles. The monoisotopic (exact) mass is 1010 g/mol. The Morgan fingerprint density at radius 2 is 0.343 bits per heavy atom. The second-order valence-corrected chi connectivity index (χ2v) is 18.3. The Bertz CT molecular complexity index is 992. The zero-order valence-electron chi connectivity index (χ0n) is 45.5. The smallest absolute Gasteiger partial charge is 0.305 e. The van der Waals surface area contributed by atoms with Crippen molar-refractivity contribution in [2.45, 2.75) is 206 Å². The summed E-state index contributed by atoms with van der Waals surface area (Å²) >= 11 is 0. The Morgan fingerprint density at radius 1 is 0.200 bits per heavy atom. The van der Waals surface area contributed by atoms with Crippen molar-refractivity contribution >= 4 is 11.9 Å². The second-order valence-electron chi connectivity index (χ2n) is 18.3. The molecule has 0 rings (SSSR count). The first-order valence-electron chi connectivity index (χ1n) is 28.8. The van der Waals surface area contributed by atoms with Gasteiger partial charge in [-0.05, 0) is 12.8 Å². The van der Waals surface area contributed by atoms with Crippen molar-refractivity contribution in [3.63, 3.8) is 0 Å². The summed E-state index contributed by atoms with van der Waals surface area (Å²) in [6.45, 7) is 14.6. The van der Waals surface area contributed by atoms with E-state index < -0.39 is 0 Å². The lowest BCUT2D eigenvalue weighted by Gasteiger charge is -2.09. The van der Waals surface area contributed by atoms with Crippen LogP contribution >= 0.6 is 0 Å². The van der Waals surface area contributed by atoms with Crippen LogP contribution in [0.15, 0.2) is 0 Å². The van der Waals surface area contributed by atoms with Crippen molar-refractivity contribution in [3.8, 4) is 0 Å². The van der Waals surface area contributed by atoms with E-state index in [9.17, 15) is 9.59 Å². The van der Waals surface area contributed by atoms with Gasteiger partial charge in [-0.15, -0.1) is 0 Å². The Labute approximate surface area is 428 Å². The molecule has 70 heavy (non-hydrogen) atoms. The summed E-state index contributed by atoms with van der Waals surface area (Å²) < 4.78 is 65.7. The van der Waals surface area contributed by atoms with Crippen molar-refractivity contribution in [1.82, 2.24) is 0 Å². The molecular weight excluding hydrogens is 897 g/mol. The fourth-order valence-corrected chi connectivity index (χ4v) is 7.58. The van der Waals surface area contributed by atoms with Crippen molar-refractivity contribution in [1.29, 1.82) is 0 Å². The normalized spacial score (nSPS) is 11.5. The summed E-state index contributed by atoms with van der Waals surface area (Å²) in [5.74, 6) is -0.266. The number of esters is 2. The Balaban J connectivity index is 3.16. The van der Waals surface area contributed by atoms with Gasteiger partial charge in [0.15, 0.2) is 0 Å². The van der Waals surface area contributed by atoms with E-state index in [2.05, 4.69) is 13.8 Å². The van der Waals surface area contributed by atoms with Crippen LogP contribution in [0.2, 0.25) is 0 Å². The summed E-state index contributed by atoms with van der Waals surface area (Å²) in [7, 11) is 0. The lowest BCUT2D eigenvalue weighted by atomic mass is 10.0. The highest BCUT2D eigenvalue weighted by molar-refractivity contribution is 5.69. The van der Waals surface area contributed by atoms with Crippen LogP contribution in [0.4, 0.5) is 0 Å². The fraction of sp³-hybridized carbons (Fsp3) is 0.964. The molecule has 0 saturated carbocycles. The zero-order valence-corrected chi connectivity index (χ0v) is 45.5. The number of hydrogen-bond donors (Lipinski definition) is 0. The molecule has 0 aromatic heterocycles. The largest absolute Gasteiger partial charge is 0.463 e. The maximum atomic E-state index is 11.9. The summed E-state index contributed by atoms with van der Waals surface area (Å²) in [4.78, 5) is 23.9. The van der Waals surface area contributed by atoms with Crippen LogP contribution in [-0.4, -0.2) is 157 Å². The molecule has 0 fully saturated rings. The summed E-state index contributed by atoms with van der Waals surface area (Å²) in [6, 6.07) is 0. The molecule has 0 aromatic rings. The van der Waals surface area contributed by atoms with Gasteiger partial charge in [0.2, 0.25) is 0 Å². The predicted octanol–water partition coefficient (Wildman–Crippen LogP) is 12.0. The molecule has 0 aliphatic heterocycles. The third-order valence-electron chi connectivity index (χ3n) is 11.8. The standard InChI is InChI=1S/C56H110O14/c1-3-5-7-9-11-13-15-17-18-20-22-24-26-28-30-32-56(58)70-54-52-68-50-48-66-46-44-64-42-40-62-38-36-60-34-33-59-35-37-61-39-41-63-43-45-65-47-49-67-51-53-69-55(57)31-29-27-25-23-21-19-16-14-12-10-8-6-4-2/h3-54H2,1-2H3. The lowest BCUT2D eigenvalue weighted by molar-refractivity contribution is -0.146. The van der Waals surface area contributed by atoms with Crippen molar-refractivity contribution in [2.24, 2.45) is 0 Å². The van der Waals surface area contributed by atoms with Crippen LogP contribution in [0.1, 0.15) is 206 Å². The molecule has 0 bridgehead atoms. The Kier molecular flexibility index (Phi) is 62.3. The van der Waals surface area contributed by atoms with E-state index in [1.165, 1.54) is 154 Å². The molecule has 0 N–H and O–H groups in total. The van der Waals surface area contributed by atoms with E-state index in [1.54, 1.807) is 0 Å². The molecule has 0 atom stereocenters. The van der Waals surface area contributed by atoms with Crippen LogP contribution in [0.5, 0.6) is 0 Å². The number of hydrogen-bond acceptors (Lipinski definition) is 14. The third-order valence-corrected chi connectivity index (χ3v) is 11.8. The fourth-order valence-electron chi connectivity index (χ4n) is 7.58. The van der Waals surface area contributed by atoms with Gasteiger partial charge in [-0.1, -0.05) is 181 Å². The summed E-state index contributed by atoms with van der Waals surface area (Å²) in [5.41, 5.74) is 0. The van der Waals surface area contributed by atoms with Crippen molar-refractivity contribution in [2.75, 3.05) is 145 Å². The first-order valence-corrected chi connectivity index (χ1v) is 28.8. The van der Waals surface area contributed by atoms with Crippen LogP contribution in [0, 0.1) is 0 Å². The maximum absolute atomic E-state index is 11.9. The molecule has 0 heterocycles. The van der Waals surface area contributed by atoms with Gasteiger partial charge in [0, 0.05) is 12.8 Å². The number of carbonyl (C=O) groups excluding carboxylic acids is 2. The average molecular weight is 1010 g/mol. The van der Waals surface area contributed by atoms with Gasteiger partial charge in [0.25, 0.3) is 0 Å². The first kappa shape index (κ1) is 68.5. The highest BCUT2D eigenvalue weighted by atomic mass is 16.6. The average Bonchev–Trinajstić information content (AvgIpc) is 3.36. The van der Waals surface area contributed by atoms with Crippen LogP contribution in [0.3, 0.4) is 0 Å².